The van der Waals surface area contributed by atoms with Crippen molar-refractivity contribution >= 4 is 0 Å². The van der Waals surface area contributed by atoms with E-state index in [1.807, 2.05) is 0 Å². The molecular formula is C19H36N2. The second-order valence-electron chi connectivity index (χ2n) is 8.95. The highest BCUT2D eigenvalue weighted by Crippen LogP contribution is 2.42. The van der Waals surface area contributed by atoms with E-state index in [0.717, 1.165) is 30.1 Å². The predicted octanol–water partition coefficient (Wildman–Crippen LogP) is 4.20. The quantitative estimate of drug-likeness (QED) is 0.835. The van der Waals surface area contributed by atoms with Gasteiger partial charge in [0.1, 0.15) is 0 Å². The molecule has 2 saturated heterocycles. The van der Waals surface area contributed by atoms with Crippen LogP contribution in [0.4, 0.5) is 0 Å². The first-order valence-electron chi connectivity index (χ1n) is 9.50. The first-order chi connectivity index (χ1) is 9.98. The van der Waals surface area contributed by atoms with E-state index in [9.17, 15) is 0 Å². The van der Waals surface area contributed by atoms with Crippen LogP contribution in [0.25, 0.3) is 0 Å². The van der Waals surface area contributed by atoms with E-state index in [1.54, 1.807) is 0 Å². The first kappa shape index (κ1) is 15.8. The number of nitrogens with zero attached hydrogens (tertiary/aromatic N) is 1. The Bertz CT molecular complexity index is 339. The highest BCUT2D eigenvalue weighted by atomic mass is 15.2. The van der Waals surface area contributed by atoms with Crippen LogP contribution in [0.3, 0.4) is 0 Å². The molecule has 2 heteroatoms. The lowest BCUT2D eigenvalue weighted by Crippen LogP contribution is -2.54. The zero-order valence-electron chi connectivity index (χ0n) is 14.7. The molecule has 21 heavy (non-hydrogen) atoms. The standard InChI is InChI=1S/C19H36N2/c1-5-10-21(17-11-15-6-7-16(12-17)20-15)18-8-9-19(3,4)13-14(18)2/h14-18,20H,5-13H2,1-4H3. The SMILES string of the molecule is CCCN(C1CC2CCC(C1)N2)C1CCC(C)(C)CC1C. The van der Waals surface area contributed by atoms with Gasteiger partial charge in [0.2, 0.25) is 0 Å². The Morgan fingerprint density at radius 3 is 2.33 bits per heavy atom. The summed E-state index contributed by atoms with van der Waals surface area (Å²) in [6, 6.07) is 3.35. The van der Waals surface area contributed by atoms with Crippen molar-refractivity contribution in [3.05, 3.63) is 0 Å². The molecule has 2 heterocycles. The molecule has 0 radical (unpaired) electrons. The molecule has 4 atom stereocenters. The summed E-state index contributed by atoms with van der Waals surface area (Å²) in [7, 11) is 0. The number of rotatable bonds is 4. The summed E-state index contributed by atoms with van der Waals surface area (Å²) in [4.78, 5) is 2.95. The summed E-state index contributed by atoms with van der Waals surface area (Å²) in [5.41, 5.74) is 0.570. The minimum Gasteiger partial charge on any atom is -0.311 e. The van der Waals surface area contributed by atoms with Crippen LogP contribution < -0.4 is 5.32 Å². The van der Waals surface area contributed by atoms with Crippen molar-refractivity contribution in [3.8, 4) is 0 Å². The van der Waals surface area contributed by atoms with Gasteiger partial charge < -0.3 is 5.32 Å². The van der Waals surface area contributed by atoms with E-state index in [2.05, 4.69) is 37.9 Å². The average Bonchev–Trinajstić information content (AvgIpc) is 2.75. The second kappa shape index (κ2) is 6.20. The van der Waals surface area contributed by atoms with Crippen LogP contribution in [0.2, 0.25) is 0 Å². The molecule has 0 amide bonds. The van der Waals surface area contributed by atoms with Gasteiger partial charge in [-0.05, 0) is 69.2 Å². The Kier molecular flexibility index (Phi) is 4.66. The van der Waals surface area contributed by atoms with Crippen molar-refractivity contribution in [3.63, 3.8) is 0 Å². The van der Waals surface area contributed by atoms with Crippen LogP contribution in [0, 0.1) is 11.3 Å². The zero-order valence-corrected chi connectivity index (χ0v) is 14.7. The summed E-state index contributed by atoms with van der Waals surface area (Å²) >= 11 is 0. The minimum absolute atomic E-state index is 0.570. The lowest BCUT2D eigenvalue weighted by atomic mass is 9.69. The van der Waals surface area contributed by atoms with Crippen molar-refractivity contribution in [1.82, 2.24) is 10.2 Å². The van der Waals surface area contributed by atoms with Gasteiger partial charge in [-0.3, -0.25) is 4.90 Å². The number of hydrogen-bond acceptors (Lipinski definition) is 2. The van der Waals surface area contributed by atoms with Gasteiger partial charge in [0.15, 0.2) is 0 Å². The van der Waals surface area contributed by atoms with Crippen molar-refractivity contribution in [2.45, 2.75) is 103 Å². The van der Waals surface area contributed by atoms with Crippen molar-refractivity contribution in [2.75, 3.05) is 6.54 Å². The Hall–Kier alpha value is -0.0800. The van der Waals surface area contributed by atoms with Crippen LogP contribution in [0.1, 0.15) is 79.1 Å². The maximum absolute atomic E-state index is 3.82. The monoisotopic (exact) mass is 292 g/mol. The summed E-state index contributed by atoms with van der Waals surface area (Å²) in [6.07, 6.45) is 11.2. The number of nitrogens with one attached hydrogen (secondary N) is 1. The number of piperidine rings is 1. The summed E-state index contributed by atoms with van der Waals surface area (Å²) in [5.74, 6) is 0.868. The van der Waals surface area contributed by atoms with E-state index in [4.69, 9.17) is 0 Å². The fraction of sp³-hybridized carbons (Fsp3) is 1.00. The molecule has 4 unspecified atom stereocenters. The minimum atomic E-state index is 0.570. The molecule has 2 aliphatic heterocycles. The number of hydrogen-bond donors (Lipinski definition) is 1. The predicted molar refractivity (Wildman–Crippen MR) is 90.5 cm³/mol. The third-order valence-electron chi connectivity index (χ3n) is 6.47. The maximum Gasteiger partial charge on any atom is 0.0128 e. The molecule has 0 aromatic carbocycles. The molecule has 0 aromatic rings. The summed E-state index contributed by atoms with van der Waals surface area (Å²) < 4.78 is 0. The topological polar surface area (TPSA) is 15.3 Å². The molecule has 1 N–H and O–H groups in total. The van der Waals surface area contributed by atoms with E-state index < -0.39 is 0 Å². The van der Waals surface area contributed by atoms with Gasteiger partial charge in [-0.15, -0.1) is 0 Å². The van der Waals surface area contributed by atoms with Crippen molar-refractivity contribution in [1.29, 1.82) is 0 Å². The lowest BCUT2D eigenvalue weighted by Gasteiger charge is -2.49. The molecule has 122 valence electrons. The third-order valence-corrected chi connectivity index (χ3v) is 6.47. The van der Waals surface area contributed by atoms with E-state index in [0.29, 0.717) is 5.41 Å². The molecule has 3 aliphatic rings. The van der Waals surface area contributed by atoms with Crippen LogP contribution in [-0.4, -0.2) is 35.6 Å². The van der Waals surface area contributed by atoms with Gasteiger partial charge >= 0.3 is 0 Å². The maximum atomic E-state index is 3.82. The van der Waals surface area contributed by atoms with Crippen LogP contribution in [-0.2, 0) is 0 Å². The molecule has 1 saturated carbocycles. The molecular weight excluding hydrogens is 256 g/mol. The molecule has 2 bridgehead atoms. The smallest absolute Gasteiger partial charge is 0.0128 e. The molecule has 0 aromatic heterocycles. The lowest BCUT2D eigenvalue weighted by molar-refractivity contribution is 0.0162. The summed E-state index contributed by atoms with van der Waals surface area (Å²) in [6.45, 7) is 11.1. The van der Waals surface area contributed by atoms with Crippen LogP contribution >= 0.6 is 0 Å². The average molecular weight is 293 g/mol. The Balaban J connectivity index is 1.69. The fourth-order valence-electron chi connectivity index (χ4n) is 5.60. The van der Waals surface area contributed by atoms with Gasteiger partial charge in [0, 0.05) is 24.2 Å². The van der Waals surface area contributed by atoms with Crippen molar-refractivity contribution in [2.24, 2.45) is 11.3 Å². The summed E-state index contributed by atoms with van der Waals surface area (Å²) in [5, 5.41) is 3.82. The van der Waals surface area contributed by atoms with Crippen LogP contribution in [0.15, 0.2) is 0 Å². The van der Waals surface area contributed by atoms with Crippen LogP contribution in [0.5, 0.6) is 0 Å². The molecule has 2 nitrogen and oxygen atoms in total. The second-order valence-corrected chi connectivity index (χ2v) is 8.95. The van der Waals surface area contributed by atoms with E-state index >= 15 is 0 Å². The number of fused-ring (bicyclic) bond motifs is 2. The third kappa shape index (κ3) is 3.47. The molecule has 3 fully saturated rings. The normalized spacial score (nSPS) is 42.4. The first-order valence-corrected chi connectivity index (χ1v) is 9.50. The van der Waals surface area contributed by atoms with Gasteiger partial charge in [-0.1, -0.05) is 27.7 Å². The molecule has 3 rings (SSSR count). The van der Waals surface area contributed by atoms with Gasteiger partial charge in [-0.25, -0.2) is 0 Å². The highest BCUT2D eigenvalue weighted by molar-refractivity contribution is 4.98. The largest absolute Gasteiger partial charge is 0.311 e. The van der Waals surface area contributed by atoms with E-state index in [1.165, 1.54) is 57.9 Å². The Morgan fingerprint density at radius 1 is 1.10 bits per heavy atom. The fourth-order valence-corrected chi connectivity index (χ4v) is 5.60. The highest BCUT2D eigenvalue weighted by Gasteiger charge is 2.41. The zero-order chi connectivity index (χ0) is 15.0. The molecule has 0 spiro atoms. The van der Waals surface area contributed by atoms with Gasteiger partial charge in [0.05, 0.1) is 0 Å². The molecule has 1 aliphatic carbocycles. The Labute approximate surface area is 132 Å². The Morgan fingerprint density at radius 2 is 1.76 bits per heavy atom. The van der Waals surface area contributed by atoms with E-state index in [-0.39, 0.29) is 0 Å². The van der Waals surface area contributed by atoms with Crippen molar-refractivity contribution < 1.29 is 0 Å². The van der Waals surface area contributed by atoms with Gasteiger partial charge in [-0.2, -0.15) is 0 Å². The van der Waals surface area contributed by atoms with Gasteiger partial charge in [0.25, 0.3) is 0 Å².